The Morgan fingerprint density at radius 1 is 1.00 bits per heavy atom. The average molecular weight is 282 g/mol. The average Bonchev–Trinajstić information content (AvgIpc) is 2.87. The van der Waals surface area contributed by atoms with Crippen LogP contribution in [0.3, 0.4) is 0 Å². The predicted octanol–water partition coefficient (Wildman–Crippen LogP) is 3.81. The maximum Gasteiger partial charge on any atom is 0.286 e. The van der Waals surface area contributed by atoms with E-state index in [0.717, 1.165) is 11.1 Å². The van der Waals surface area contributed by atoms with Crippen LogP contribution in [-0.2, 0) is 0 Å². The van der Waals surface area contributed by atoms with Gasteiger partial charge in [-0.25, -0.2) is 0 Å². The van der Waals surface area contributed by atoms with Gasteiger partial charge in [0.05, 0.1) is 5.69 Å². The van der Waals surface area contributed by atoms with E-state index < -0.39 is 5.91 Å². The van der Waals surface area contributed by atoms with E-state index in [2.05, 4.69) is 0 Å². The molecule has 0 aliphatic heterocycles. The zero-order valence-corrected chi connectivity index (χ0v) is 12.1. The summed E-state index contributed by atoms with van der Waals surface area (Å²) < 4.78 is 5.42. The molecule has 3 rings (SSSR count). The zero-order valence-electron chi connectivity index (χ0n) is 12.1. The summed E-state index contributed by atoms with van der Waals surface area (Å²) in [5, 5.41) is 0.702. The largest absolute Gasteiger partial charge is 0.449 e. The lowest BCUT2D eigenvalue weighted by Gasteiger charge is -2.00. The van der Waals surface area contributed by atoms with Gasteiger partial charge < -0.3 is 15.9 Å². The fourth-order valence-electron chi connectivity index (χ4n) is 2.11. The van der Waals surface area contributed by atoms with E-state index in [0.29, 0.717) is 16.7 Å². The van der Waals surface area contributed by atoms with E-state index in [-0.39, 0.29) is 5.76 Å². The smallest absolute Gasteiger partial charge is 0.286 e. The molecule has 0 aliphatic carbocycles. The number of rotatable bonds is 2. The molecule has 0 spiro atoms. The highest BCUT2D eigenvalue weighted by Crippen LogP contribution is 2.31. The topological polar surface area (TPSA) is 82.2 Å². The first-order chi connectivity index (χ1) is 10.2. The maximum atomic E-state index is 11.2. The summed E-state index contributed by atoms with van der Waals surface area (Å²) in [7, 11) is 0. The molecule has 0 unspecified atom stereocenters. The molecule has 2 aromatic carbocycles. The number of nitrogen functional groups attached to an aromatic ring is 1. The van der Waals surface area contributed by atoms with Gasteiger partial charge in [0.15, 0.2) is 0 Å². The van der Waals surface area contributed by atoms with E-state index in [4.69, 9.17) is 15.9 Å². The Morgan fingerprint density at radius 3 is 2.29 bits per heavy atom. The van der Waals surface area contributed by atoms with Crippen molar-refractivity contribution < 1.29 is 9.21 Å². The fraction of sp³-hybridized carbons (Fsp3) is 0.118. The Morgan fingerprint density at radius 2 is 1.67 bits per heavy atom. The Balaban J connectivity index is 0.000000774. The van der Waals surface area contributed by atoms with E-state index >= 15 is 0 Å². The second-order valence-corrected chi connectivity index (χ2v) is 4.29. The van der Waals surface area contributed by atoms with Gasteiger partial charge in [-0.2, -0.15) is 0 Å². The van der Waals surface area contributed by atoms with Gasteiger partial charge in [-0.15, -0.1) is 0 Å². The molecule has 108 valence electrons. The molecule has 21 heavy (non-hydrogen) atoms. The highest BCUT2D eigenvalue weighted by Gasteiger charge is 2.16. The summed E-state index contributed by atoms with van der Waals surface area (Å²) in [6.45, 7) is 4.00. The third-order valence-corrected chi connectivity index (χ3v) is 3.06. The van der Waals surface area contributed by atoms with Gasteiger partial charge in [-0.1, -0.05) is 50.2 Å². The number of hydrogen-bond donors (Lipinski definition) is 2. The zero-order chi connectivity index (χ0) is 15.4. The molecule has 1 aromatic heterocycles. The van der Waals surface area contributed by atoms with Crippen molar-refractivity contribution in [1.82, 2.24) is 0 Å². The molecule has 0 fully saturated rings. The first-order valence-corrected chi connectivity index (χ1v) is 6.84. The number of hydrogen-bond acceptors (Lipinski definition) is 3. The number of amides is 1. The SMILES string of the molecule is CC.NC(=O)c1oc2cc(-c3ccccc3)ccc2c1N. The van der Waals surface area contributed by atoms with Crippen molar-refractivity contribution in [3.05, 3.63) is 54.3 Å². The summed E-state index contributed by atoms with van der Waals surface area (Å²) in [6.07, 6.45) is 0. The van der Waals surface area contributed by atoms with Crippen LogP contribution in [0.2, 0.25) is 0 Å². The molecular weight excluding hydrogens is 264 g/mol. The molecule has 0 aliphatic rings. The lowest BCUT2D eigenvalue weighted by Crippen LogP contribution is -2.11. The summed E-state index contributed by atoms with van der Waals surface area (Å²) in [6, 6.07) is 15.5. The normalized spacial score (nSPS) is 10.0. The van der Waals surface area contributed by atoms with Crippen molar-refractivity contribution in [2.75, 3.05) is 5.73 Å². The molecule has 0 radical (unpaired) electrons. The van der Waals surface area contributed by atoms with Crippen molar-refractivity contribution in [3.8, 4) is 11.1 Å². The maximum absolute atomic E-state index is 11.2. The van der Waals surface area contributed by atoms with Crippen LogP contribution in [0.15, 0.2) is 52.9 Å². The van der Waals surface area contributed by atoms with Crippen molar-refractivity contribution in [2.45, 2.75) is 13.8 Å². The molecule has 4 nitrogen and oxygen atoms in total. The first kappa shape index (κ1) is 14.7. The van der Waals surface area contributed by atoms with E-state index in [1.54, 1.807) is 0 Å². The van der Waals surface area contributed by atoms with Crippen LogP contribution in [0.1, 0.15) is 24.4 Å². The fourth-order valence-corrected chi connectivity index (χ4v) is 2.11. The van der Waals surface area contributed by atoms with Crippen LogP contribution in [0, 0.1) is 0 Å². The summed E-state index contributed by atoms with van der Waals surface area (Å²) in [4.78, 5) is 11.2. The van der Waals surface area contributed by atoms with Crippen molar-refractivity contribution >= 4 is 22.6 Å². The third kappa shape index (κ3) is 2.74. The number of benzene rings is 2. The first-order valence-electron chi connectivity index (χ1n) is 6.84. The van der Waals surface area contributed by atoms with E-state index in [1.807, 2.05) is 62.4 Å². The van der Waals surface area contributed by atoms with Crippen molar-refractivity contribution in [1.29, 1.82) is 0 Å². The summed E-state index contributed by atoms with van der Waals surface area (Å²) in [5.74, 6) is -0.643. The van der Waals surface area contributed by atoms with Gasteiger partial charge in [0.25, 0.3) is 5.91 Å². The molecule has 0 atom stereocenters. The Bertz CT molecular complexity index is 761. The molecule has 3 aromatic rings. The summed E-state index contributed by atoms with van der Waals surface area (Å²) in [5.41, 5.74) is 14.0. The highest BCUT2D eigenvalue weighted by atomic mass is 16.3. The number of fused-ring (bicyclic) bond motifs is 1. The lowest BCUT2D eigenvalue weighted by molar-refractivity contribution is 0.0977. The number of anilines is 1. The minimum Gasteiger partial charge on any atom is -0.449 e. The molecule has 1 amide bonds. The molecular formula is C17H18N2O2. The van der Waals surface area contributed by atoms with Crippen LogP contribution in [0.4, 0.5) is 5.69 Å². The second kappa shape index (κ2) is 6.13. The molecule has 1 heterocycles. The minimum absolute atomic E-state index is 0.0141. The Kier molecular flexibility index (Phi) is 4.28. The molecule has 0 saturated carbocycles. The van der Waals surface area contributed by atoms with Crippen LogP contribution in [0.25, 0.3) is 22.1 Å². The van der Waals surface area contributed by atoms with E-state index in [1.165, 1.54) is 0 Å². The van der Waals surface area contributed by atoms with Crippen LogP contribution in [-0.4, -0.2) is 5.91 Å². The molecule has 0 bridgehead atoms. The Labute approximate surface area is 123 Å². The number of carbonyl (C=O) groups excluding carboxylic acids is 1. The van der Waals surface area contributed by atoms with Gasteiger partial charge >= 0.3 is 0 Å². The number of primary amides is 1. The second-order valence-electron chi connectivity index (χ2n) is 4.29. The van der Waals surface area contributed by atoms with Gasteiger partial charge in [0.1, 0.15) is 5.58 Å². The predicted molar refractivity (Wildman–Crippen MR) is 85.9 cm³/mol. The van der Waals surface area contributed by atoms with Crippen LogP contribution >= 0.6 is 0 Å². The standard InChI is InChI=1S/C15H12N2O2.C2H6/c16-13-11-7-6-10(9-4-2-1-3-5-9)8-12(11)19-14(13)15(17)18;1-2/h1-8H,16H2,(H2,17,18);1-2H3. The van der Waals surface area contributed by atoms with Gasteiger partial charge in [-0.3, -0.25) is 4.79 Å². The third-order valence-electron chi connectivity index (χ3n) is 3.06. The Hall–Kier alpha value is -2.75. The van der Waals surface area contributed by atoms with Gasteiger partial charge in [-0.05, 0) is 23.3 Å². The van der Waals surface area contributed by atoms with Crippen molar-refractivity contribution in [3.63, 3.8) is 0 Å². The number of furan rings is 1. The van der Waals surface area contributed by atoms with Gasteiger partial charge in [0.2, 0.25) is 5.76 Å². The quantitative estimate of drug-likeness (QED) is 0.749. The highest BCUT2D eigenvalue weighted by molar-refractivity contribution is 6.05. The minimum atomic E-state index is -0.657. The van der Waals surface area contributed by atoms with Crippen molar-refractivity contribution in [2.24, 2.45) is 5.73 Å². The van der Waals surface area contributed by atoms with Crippen LogP contribution < -0.4 is 11.5 Å². The number of carbonyl (C=O) groups is 1. The lowest BCUT2D eigenvalue weighted by atomic mass is 10.0. The van der Waals surface area contributed by atoms with E-state index in [9.17, 15) is 4.79 Å². The number of nitrogens with two attached hydrogens (primary N) is 2. The molecule has 0 saturated heterocycles. The molecule has 4 heteroatoms. The monoisotopic (exact) mass is 282 g/mol. The van der Waals surface area contributed by atoms with Crippen LogP contribution in [0.5, 0.6) is 0 Å². The van der Waals surface area contributed by atoms with Gasteiger partial charge in [0, 0.05) is 5.39 Å². The summed E-state index contributed by atoms with van der Waals surface area (Å²) >= 11 is 0. The molecule has 4 N–H and O–H groups in total.